The Labute approximate surface area is 211 Å². The van der Waals surface area contributed by atoms with E-state index in [1.807, 2.05) is 55.5 Å². The highest BCUT2D eigenvalue weighted by Crippen LogP contribution is 2.36. The molecule has 0 bridgehead atoms. The van der Waals surface area contributed by atoms with Gasteiger partial charge in [-0.15, -0.1) is 0 Å². The Hall–Kier alpha value is -4.64. The van der Waals surface area contributed by atoms with Crippen LogP contribution in [-0.2, 0) is 9.59 Å². The first-order valence-corrected chi connectivity index (χ1v) is 11.2. The number of esters is 2. The molecule has 0 amide bonds. The van der Waals surface area contributed by atoms with E-state index in [0.717, 1.165) is 27.8 Å². The zero-order chi connectivity index (χ0) is 26.4. The van der Waals surface area contributed by atoms with Crippen LogP contribution in [0, 0.1) is 0 Å². The summed E-state index contributed by atoms with van der Waals surface area (Å²) >= 11 is 0. The molecule has 0 saturated carbocycles. The van der Waals surface area contributed by atoms with Crippen LogP contribution in [0.4, 0.5) is 0 Å². The van der Waals surface area contributed by atoms with E-state index in [1.165, 1.54) is 0 Å². The van der Waals surface area contributed by atoms with Gasteiger partial charge in [-0.05, 0) is 73.4 Å². The first-order valence-electron chi connectivity index (χ1n) is 11.2. The van der Waals surface area contributed by atoms with Gasteiger partial charge in [-0.1, -0.05) is 62.7 Å². The molecule has 0 aliphatic carbocycles. The van der Waals surface area contributed by atoms with Crippen molar-refractivity contribution in [2.75, 3.05) is 0 Å². The van der Waals surface area contributed by atoms with Crippen LogP contribution in [0.15, 0.2) is 116 Å². The first kappa shape index (κ1) is 26.0. The van der Waals surface area contributed by atoms with E-state index in [-0.39, 0.29) is 5.57 Å². The van der Waals surface area contributed by atoms with E-state index in [9.17, 15) is 9.59 Å². The highest BCUT2D eigenvalue weighted by molar-refractivity contribution is 5.91. The third kappa shape index (κ3) is 6.48. The van der Waals surface area contributed by atoms with Crippen LogP contribution in [0.5, 0.6) is 17.2 Å². The van der Waals surface area contributed by atoms with Crippen molar-refractivity contribution in [3.63, 3.8) is 0 Å². The van der Waals surface area contributed by atoms with E-state index in [0.29, 0.717) is 28.6 Å². The molecule has 5 nitrogen and oxygen atoms in total. The highest BCUT2D eigenvalue weighted by Gasteiger charge is 2.14. The van der Waals surface area contributed by atoms with Crippen LogP contribution in [0.1, 0.15) is 20.8 Å². The van der Waals surface area contributed by atoms with Gasteiger partial charge in [0, 0.05) is 16.7 Å². The second-order valence-electron chi connectivity index (χ2n) is 8.40. The fraction of sp³-hybridized carbons (Fsp3) is 0.0968. The molecule has 3 aromatic rings. The van der Waals surface area contributed by atoms with Crippen molar-refractivity contribution >= 4 is 11.9 Å². The summed E-state index contributed by atoms with van der Waals surface area (Å²) in [6.45, 7) is 19.9. The second-order valence-corrected chi connectivity index (χ2v) is 8.40. The van der Waals surface area contributed by atoms with Gasteiger partial charge in [0.15, 0.2) is 0 Å². The minimum Gasteiger partial charge on any atom is -0.458 e. The minimum absolute atomic E-state index is 0.289. The maximum Gasteiger partial charge on any atom is 0.338 e. The lowest BCUT2D eigenvalue weighted by molar-refractivity contribution is -0.130. The third-order valence-corrected chi connectivity index (χ3v) is 5.16. The van der Waals surface area contributed by atoms with Crippen LogP contribution >= 0.6 is 0 Å². The Morgan fingerprint density at radius 3 is 1.56 bits per heavy atom. The molecule has 3 rings (SSSR count). The average molecular weight is 481 g/mol. The van der Waals surface area contributed by atoms with Crippen LogP contribution < -0.4 is 14.2 Å². The quantitative estimate of drug-likeness (QED) is 0.105. The number of ether oxygens (including phenoxy) is 3. The normalized spacial score (nSPS) is 10.2. The van der Waals surface area contributed by atoms with Crippen LogP contribution in [0.2, 0.25) is 0 Å². The van der Waals surface area contributed by atoms with Crippen molar-refractivity contribution in [1.29, 1.82) is 0 Å². The Morgan fingerprint density at radius 2 is 1.03 bits per heavy atom. The van der Waals surface area contributed by atoms with E-state index >= 15 is 0 Å². The van der Waals surface area contributed by atoms with Gasteiger partial charge in [0.2, 0.25) is 0 Å². The number of allylic oxidation sites excluding steroid dienone is 1. The number of hydrogen-bond donors (Lipinski definition) is 0. The van der Waals surface area contributed by atoms with E-state index in [2.05, 4.69) is 26.3 Å². The summed E-state index contributed by atoms with van der Waals surface area (Å²) in [6.07, 6.45) is 0. The Balaban J connectivity index is 1.94. The molecule has 0 aliphatic heterocycles. The molecule has 0 radical (unpaired) electrons. The van der Waals surface area contributed by atoms with Gasteiger partial charge in [-0.3, -0.25) is 0 Å². The fourth-order valence-corrected chi connectivity index (χ4v) is 3.05. The highest BCUT2D eigenvalue weighted by atomic mass is 16.5. The van der Waals surface area contributed by atoms with E-state index < -0.39 is 11.9 Å². The molecule has 0 fully saturated rings. The summed E-state index contributed by atoms with van der Waals surface area (Å²) in [5.74, 6) is 0.904. The van der Waals surface area contributed by atoms with E-state index in [1.54, 1.807) is 32.0 Å². The molecule has 0 spiro atoms. The number of carbonyl (C=O) groups is 2. The number of rotatable bonds is 9. The van der Waals surface area contributed by atoms with Crippen molar-refractivity contribution in [1.82, 2.24) is 0 Å². The van der Waals surface area contributed by atoms with Gasteiger partial charge in [0.1, 0.15) is 23.0 Å². The summed E-state index contributed by atoms with van der Waals surface area (Å²) in [5.41, 5.74) is 4.58. The zero-order valence-electron chi connectivity index (χ0n) is 20.7. The molecule has 0 unspecified atom stereocenters. The molecule has 0 saturated heterocycles. The molecule has 0 aromatic heterocycles. The van der Waals surface area contributed by atoms with Crippen molar-refractivity contribution in [3.05, 3.63) is 116 Å². The fourth-order valence-electron chi connectivity index (χ4n) is 3.05. The molecule has 182 valence electrons. The molecular weight excluding hydrogens is 452 g/mol. The summed E-state index contributed by atoms with van der Waals surface area (Å²) in [5, 5.41) is 0. The van der Waals surface area contributed by atoms with Gasteiger partial charge in [-0.2, -0.15) is 0 Å². The van der Waals surface area contributed by atoms with E-state index in [4.69, 9.17) is 14.2 Å². The maximum absolute atomic E-state index is 12.4. The predicted molar refractivity (Wildman–Crippen MR) is 143 cm³/mol. The van der Waals surface area contributed by atoms with Gasteiger partial charge < -0.3 is 14.2 Å². The predicted octanol–water partition coefficient (Wildman–Crippen LogP) is 7.45. The van der Waals surface area contributed by atoms with Gasteiger partial charge in [0.25, 0.3) is 0 Å². The Bertz CT molecular complexity index is 1360. The minimum atomic E-state index is -0.520. The molecule has 0 N–H and O–H groups in total. The van der Waals surface area contributed by atoms with Crippen molar-refractivity contribution in [2.24, 2.45) is 0 Å². The lowest BCUT2D eigenvalue weighted by Gasteiger charge is -2.14. The molecule has 0 aliphatic rings. The zero-order valence-corrected chi connectivity index (χ0v) is 20.7. The number of hydrogen-bond acceptors (Lipinski definition) is 5. The smallest absolute Gasteiger partial charge is 0.338 e. The standard InChI is InChI=1S/C31H28O5/c1-19(2)22(7)34-26-15-10-24(11-16-26)28-17-12-25(18-29(28)36-31(33)21(5)6)23-8-13-27(14-9-23)35-30(32)20(3)4/h8-18H,1,3,5,7H2,2,4,6H3. The summed E-state index contributed by atoms with van der Waals surface area (Å²) in [7, 11) is 0. The lowest BCUT2D eigenvalue weighted by atomic mass is 9.99. The third-order valence-electron chi connectivity index (χ3n) is 5.16. The van der Waals surface area contributed by atoms with Crippen molar-refractivity contribution < 1.29 is 23.8 Å². The summed E-state index contributed by atoms with van der Waals surface area (Å²) in [4.78, 5) is 24.1. The maximum atomic E-state index is 12.4. The van der Waals surface area contributed by atoms with Gasteiger partial charge >= 0.3 is 11.9 Å². The first-order chi connectivity index (χ1) is 17.0. The SMILES string of the molecule is C=C(C)C(=C)Oc1ccc(-c2ccc(-c3ccc(OC(=O)C(=C)C)cc3)cc2OC(=O)C(=C)C)cc1. The molecule has 3 aromatic carbocycles. The van der Waals surface area contributed by atoms with Gasteiger partial charge in [-0.25, -0.2) is 9.59 Å². The molecule has 36 heavy (non-hydrogen) atoms. The molecular formula is C31H28O5. The molecule has 5 heteroatoms. The monoisotopic (exact) mass is 480 g/mol. The second kappa shape index (κ2) is 11.2. The topological polar surface area (TPSA) is 61.8 Å². The summed E-state index contributed by atoms with van der Waals surface area (Å²) < 4.78 is 16.6. The number of benzene rings is 3. The lowest BCUT2D eigenvalue weighted by Crippen LogP contribution is -2.09. The van der Waals surface area contributed by atoms with Crippen LogP contribution in [0.3, 0.4) is 0 Å². The molecule has 0 atom stereocenters. The average Bonchev–Trinajstić information content (AvgIpc) is 2.84. The largest absolute Gasteiger partial charge is 0.458 e. The van der Waals surface area contributed by atoms with Crippen LogP contribution in [-0.4, -0.2) is 11.9 Å². The Kier molecular flexibility index (Phi) is 8.07. The molecule has 0 heterocycles. The number of carbonyl (C=O) groups excluding carboxylic acids is 2. The van der Waals surface area contributed by atoms with Crippen molar-refractivity contribution in [2.45, 2.75) is 20.8 Å². The van der Waals surface area contributed by atoms with Crippen LogP contribution in [0.25, 0.3) is 22.3 Å². The van der Waals surface area contributed by atoms with Gasteiger partial charge in [0.05, 0.1) is 0 Å². The van der Waals surface area contributed by atoms with Crippen molar-refractivity contribution in [3.8, 4) is 39.5 Å². The Morgan fingerprint density at radius 1 is 0.556 bits per heavy atom. The summed E-state index contributed by atoms with van der Waals surface area (Å²) in [6, 6.07) is 20.0.